The van der Waals surface area contributed by atoms with E-state index in [9.17, 15) is 0 Å². The molecule has 2 heterocycles. The third-order valence-electron chi connectivity index (χ3n) is 3.68. The fraction of sp³-hybridized carbons (Fsp3) is 0.833. The molecule has 102 valence electrons. The lowest BCUT2D eigenvalue weighted by molar-refractivity contribution is 0.104. The molecule has 1 aromatic rings. The van der Waals surface area contributed by atoms with Crippen molar-refractivity contribution in [2.45, 2.75) is 24.9 Å². The highest BCUT2D eigenvalue weighted by Crippen LogP contribution is 2.12. The third kappa shape index (κ3) is 3.51. The zero-order chi connectivity index (χ0) is 13.1. The first-order valence-corrected chi connectivity index (χ1v) is 6.54. The summed E-state index contributed by atoms with van der Waals surface area (Å²) in [5, 5.41) is 8.03. The molecule has 0 saturated carbocycles. The molecule has 2 rings (SSSR count). The van der Waals surface area contributed by atoms with Gasteiger partial charge in [-0.2, -0.15) is 0 Å². The summed E-state index contributed by atoms with van der Waals surface area (Å²) in [5.41, 5.74) is 7.21. The largest absolute Gasteiger partial charge is 0.327 e. The van der Waals surface area contributed by atoms with Crippen LogP contribution in [-0.4, -0.2) is 70.6 Å². The van der Waals surface area contributed by atoms with E-state index >= 15 is 0 Å². The Balaban J connectivity index is 1.84. The molecule has 2 N–H and O–H groups in total. The molecule has 1 fully saturated rings. The SMILES string of the molecule is CN1CCN(C)C(CC(N)Cc2cn(C)nn2)C1. The summed E-state index contributed by atoms with van der Waals surface area (Å²) < 4.78 is 1.72. The van der Waals surface area contributed by atoms with E-state index in [4.69, 9.17) is 5.73 Å². The second kappa shape index (κ2) is 5.77. The van der Waals surface area contributed by atoms with Crippen LogP contribution in [0.2, 0.25) is 0 Å². The average molecular weight is 252 g/mol. The van der Waals surface area contributed by atoms with Crippen LogP contribution >= 0.6 is 0 Å². The van der Waals surface area contributed by atoms with Crippen LogP contribution in [0.4, 0.5) is 0 Å². The van der Waals surface area contributed by atoms with Crippen LogP contribution in [0.15, 0.2) is 6.20 Å². The standard InChI is InChI=1S/C12H24N6/c1-16-4-5-17(2)12(9-16)7-10(13)6-11-8-18(3)15-14-11/h8,10,12H,4-7,9,13H2,1-3H3. The van der Waals surface area contributed by atoms with Crippen LogP contribution in [0.1, 0.15) is 12.1 Å². The van der Waals surface area contributed by atoms with E-state index in [1.165, 1.54) is 0 Å². The maximum absolute atomic E-state index is 6.23. The number of nitrogens with two attached hydrogens (primary N) is 1. The van der Waals surface area contributed by atoms with E-state index in [1.807, 2.05) is 13.2 Å². The van der Waals surface area contributed by atoms with Crippen molar-refractivity contribution in [3.63, 3.8) is 0 Å². The smallest absolute Gasteiger partial charge is 0.0842 e. The van der Waals surface area contributed by atoms with Crippen LogP contribution in [0.25, 0.3) is 0 Å². The lowest BCUT2D eigenvalue weighted by Gasteiger charge is -2.38. The van der Waals surface area contributed by atoms with Gasteiger partial charge in [-0.15, -0.1) is 5.10 Å². The van der Waals surface area contributed by atoms with Gasteiger partial charge in [0.05, 0.1) is 5.69 Å². The lowest BCUT2D eigenvalue weighted by atomic mass is 10.0. The van der Waals surface area contributed by atoms with E-state index in [0.717, 1.165) is 38.2 Å². The summed E-state index contributed by atoms with van der Waals surface area (Å²) >= 11 is 0. The van der Waals surface area contributed by atoms with Crippen LogP contribution in [-0.2, 0) is 13.5 Å². The van der Waals surface area contributed by atoms with Gasteiger partial charge in [-0.1, -0.05) is 5.21 Å². The van der Waals surface area contributed by atoms with Crippen LogP contribution in [0, 0.1) is 0 Å². The molecular formula is C12H24N6. The predicted molar refractivity (Wildman–Crippen MR) is 71.2 cm³/mol. The Morgan fingerprint density at radius 1 is 1.39 bits per heavy atom. The average Bonchev–Trinajstić information content (AvgIpc) is 2.69. The molecule has 2 atom stereocenters. The molecule has 0 bridgehead atoms. The number of hydrogen-bond donors (Lipinski definition) is 1. The molecule has 0 spiro atoms. The minimum Gasteiger partial charge on any atom is -0.327 e. The number of aryl methyl sites for hydroxylation is 1. The molecule has 0 aliphatic carbocycles. The number of rotatable bonds is 4. The van der Waals surface area contributed by atoms with Gasteiger partial charge in [0, 0.05) is 51.4 Å². The topological polar surface area (TPSA) is 63.2 Å². The molecule has 1 saturated heterocycles. The number of aromatic nitrogens is 3. The summed E-state index contributed by atoms with van der Waals surface area (Å²) in [5.74, 6) is 0. The van der Waals surface area contributed by atoms with E-state index < -0.39 is 0 Å². The van der Waals surface area contributed by atoms with E-state index in [0.29, 0.717) is 6.04 Å². The molecule has 2 unspecified atom stereocenters. The fourth-order valence-electron chi connectivity index (χ4n) is 2.55. The zero-order valence-corrected chi connectivity index (χ0v) is 11.6. The van der Waals surface area contributed by atoms with Gasteiger partial charge in [-0.25, -0.2) is 0 Å². The number of piperazine rings is 1. The number of likely N-dealkylation sites (N-methyl/N-ethyl adjacent to an activating group) is 2. The zero-order valence-electron chi connectivity index (χ0n) is 11.6. The normalized spacial score (nSPS) is 24.3. The Labute approximate surface area is 109 Å². The summed E-state index contributed by atoms with van der Waals surface area (Å²) in [7, 11) is 6.24. The molecular weight excluding hydrogens is 228 g/mol. The molecule has 1 aromatic heterocycles. The highest BCUT2D eigenvalue weighted by atomic mass is 15.4. The van der Waals surface area contributed by atoms with Crippen molar-refractivity contribution in [2.75, 3.05) is 33.7 Å². The Morgan fingerprint density at radius 2 is 2.17 bits per heavy atom. The first-order valence-electron chi connectivity index (χ1n) is 6.54. The summed E-state index contributed by atoms with van der Waals surface area (Å²) in [6, 6.07) is 0.705. The Bertz CT molecular complexity index is 376. The van der Waals surface area contributed by atoms with Crippen LogP contribution in [0.5, 0.6) is 0 Å². The second-order valence-corrected chi connectivity index (χ2v) is 5.48. The van der Waals surface area contributed by atoms with E-state index in [2.05, 4.69) is 34.2 Å². The molecule has 6 heteroatoms. The highest BCUT2D eigenvalue weighted by Gasteiger charge is 2.24. The van der Waals surface area contributed by atoms with Crippen molar-refractivity contribution in [1.29, 1.82) is 0 Å². The van der Waals surface area contributed by atoms with Crippen molar-refractivity contribution >= 4 is 0 Å². The van der Waals surface area contributed by atoms with Gasteiger partial charge in [0.1, 0.15) is 0 Å². The molecule has 1 aliphatic rings. The van der Waals surface area contributed by atoms with Gasteiger partial charge in [-0.3, -0.25) is 4.68 Å². The highest BCUT2D eigenvalue weighted by molar-refractivity contribution is 4.96. The number of hydrogen-bond acceptors (Lipinski definition) is 5. The molecule has 0 amide bonds. The third-order valence-corrected chi connectivity index (χ3v) is 3.68. The minimum atomic E-state index is 0.153. The van der Waals surface area contributed by atoms with Gasteiger partial charge >= 0.3 is 0 Å². The monoisotopic (exact) mass is 252 g/mol. The van der Waals surface area contributed by atoms with Crippen molar-refractivity contribution in [1.82, 2.24) is 24.8 Å². The summed E-state index contributed by atoms with van der Waals surface area (Å²) in [6.07, 6.45) is 3.76. The van der Waals surface area contributed by atoms with Gasteiger partial charge in [0.2, 0.25) is 0 Å². The number of nitrogens with zero attached hydrogens (tertiary/aromatic N) is 5. The predicted octanol–water partition coefficient (Wildman–Crippen LogP) is -0.679. The minimum absolute atomic E-state index is 0.153. The lowest BCUT2D eigenvalue weighted by Crippen LogP contribution is -2.51. The van der Waals surface area contributed by atoms with Gasteiger partial charge in [-0.05, 0) is 20.5 Å². The quantitative estimate of drug-likeness (QED) is 0.769. The Morgan fingerprint density at radius 3 is 2.83 bits per heavy atom. The van der Waals surface area contributed by atoms with Crippen molar-refractivity contribution in [2.24, 2.45) is 12.8 Å². The molecule has 6 nitrogen and oxygen atoms in total. The van der Waals surface area contributed by atoms with Crippen molar-refractivity contribution < 1.29 is 0 Å². The van der Waals surface area contributed by atoms with E-state index in [1.54, 1.807) is 4.68 Å². The van der Waals surface area contributed by atoms with Crippen LogP contribution in [0.3, 0.4) is 0 Å². The van der Waals surface area contributed by atoms with Gasteiger partial charge in [0.15, 0.2) is 0 Å². The second-order valence-electron chi connectivity index (χ2n) is 5.48. The van der Waals surface area contributed by atoms with Crippen molar-refractivity contribution in [3.05, 3.63) is 11.9 Å². The Hall–Kier alpha value is -0.980. The first-order chi connectivity index (χ1) is 8.54. The maximum Gasteiger partial charge on any atom is 0.0842 e. The summed E-state index contributed by atoms with van der Waals surface area (Å²) in [4.78, 5) is 4.79. The van der Waals surface area contributed by atoms with Crippen molar-refractivity contribution in [3.8, 4) is 0 Å². The first kappa shape index (κ1) is 13.5. The van der Waals surface area contributed by atoms with Gasteiger partial charge < -0.3 is 15.5 Å². The van der Waals surface area contributed by atoms with Crippen LogP contribution < -0.4 is 5.73 Å². The summed E-state index contributed by atoms with van der Waals surface area (Å²) in [6.45, 7) is 3.37. The molecule has 18 heavy (non-hydrogen) atoms. The molecule has 1 aliphatic heterocycles. The van der Waals surface area contributed by atoms with Gasteiger partial charge in [0.25, 0.3) is 0 Å². The van der Waals surface area contributed by atoms with E-state index in [-0.39, 0.29) is 6.04 Å². The Kier molecular flexibility index (Phi) is 4.31. The fourth-order valence-corrected chi connectivity index (χ4v) is 2.55. The maximum atomic E-state index is 6.23. The molecule has 0 aromatic carbocycles. The molecule has 0 radical (unpaired) electrons.